The summed E-state index contributed by atoms with van der Waals surface area (Å²) in [5, 5.41) is 3.26. The van der Waals surface area contributed by atoms with Crippen LogP contribution in [-0.2, 0) is 4.79 Å². The van der Waals surface area contributed by atoms with Crippen LogP contribution in [0.4, 0.5) is 11.4 Å². The van der Waals surface area contributed by atoms with Gasteiger partial charge in [0.15, 0.2) is 0 Å². The molecule has 1 N–H and O–H groups in total. The van der Waals surface area contributed by atoms with E-state index in [4.69, 9.17) is 0 Å². The molecular weight excluding hydrogens is 390 g/mol. The van der Waals surface area contributed by atoms with Crippen molar-refractivity contribution in [3.8, 4) is 0 Å². The van der Waals surface area contributed by atoms with Crippen molar-refractivity contribution in [2.24, 2.45) is 5.92 Å². The van der Waals surface area contributed by atoms with Crippen molar-refractivity contribution in [3.63, 3.8) is 0 Å². The third-order valence-corrected chi connectivity index (χ3v) is 6.67. The number of carbonyl (C=O) groups is 1. The van der Waals surface area contributed by atoms with Crippen LogP contribution in [0.2, 0.25) is 0 Å². The number of anilines is 2. The van der Waals surface area contributed by atoms with Gasteiger partial charge in [-0.15, -0.1) is 12.4 Å². The van der Waals surface area contributed by atoms with Gasteiger partial charge in [-0.3, -0.25) is 4.79 Å². The van der Waals surface area contributed by atoms with Crippen LogP contribution in [0.25, 0.3) is 0 Å². The smallest absolute Gasteiger partial charge is 0.224 e. The maximum atomic E-state index is 12.8. The molecule has 0 atom stereocenters. The van der Waals surface area contributed by atoms with Gasteiger partial charge in [0.25, 0.3) is 0 Å². The highest BCUT2D eigenvalue weighted by Crippen LogP contribution is 2.47. The molecule has 2 aromatic carbocycles. The van der Waals surface area contributed by atoms with E-state index in [0.29, 0.717) is 12.3 Å². The van der Waals surface area contributed by atoms with Crippen LogP contribution in [0.1, 0.15) is 19.3 Å². The fourth-order valence-corrected chi connectivity index (χ4v) is 5.16. The maximum absolute atomic E-state index is 12.8. The Morgan fingerprint density at radius 3 is 2.18 bits per heavy atom. The number of carbonyl (C=O) groups excluding carboxylic acids is 1. The number of hydrogen-bond acceptors (Lipinski definition) is 4. The largest absolute Gasteiger partial charge is 0.343 e. The number of benzene rings is 2. The van der Waals surface area contributed by atoms with E-state index in [-0.39, 0.29) is 18.3 Å². The van der Waals surface area contributed by atoms with Gasteiger partial charge < -0.3 is 15.1 Å². The van der Waals surface area contributed by atoms with Crippen molar-refractivity contribution in [2.45, 2.75) is 29.1 Å². The van der Waals surface area contributed by atoms with Gasteiger partial charge in [0.2, 0.25) is 5.91 Å². The highest BCUT2D eigenvalue weighted by atomic mass is 35.5. The molecule has 0 spiro atoms. The Labute approximate surface area is 178 Å². The number of likely N-dealkylation sites (tertiary alicyclic amines) is 1. The van der Waals surface area contributed by atoms with Crippen molar-refractivity contribution >= 4 is 41.5 Å². The van der Waals surface area contributed by atoms with Crippen LogP contribution in [0.3, 0.4) is 0 Å². The molecule has 6 heteroatoms. The zero-order valence-electron chi connectivity index (χ0n) is 16.3. The van der Waals surface area contributed by atoms with Crippen molar-refractivity contribution in [1.29, 1.82) is 0 Å². The molecule has 0 aromatic heterocycles. The number of rotatable bonds is 5. The predicted molar refractivity (Wildman–Crippen MR) is 119 cm³/mol. The second kappa shape index (κ2) is 9.68. The van der Waals surface area contributed by atoms with Crippen LogP contribution >= 0.6 is 24.2 Å². The number of piperidine rings is 1. The summed E-state index contributed by atoms with van der Waals surface area (Å²) in [5.41, 5.74) is 2.42. The van der Waals surface area contributed by atoms with E-state index < -0.39 is 0 Å². The van der Waals surface area contributed by atoms with E-state index in [0.717, 1.165) is 39.0 Å². The van der Waals surface area contributed by atoms with Gasteiger partial charge in [0, 0.05) is 35.8 Å². The third-order valence-electron chi connectivity index (χ3n) is 5.54. The molecule has 2 aliphatic rings. The highest BCUT2D eigenvalue weighted by molar-refractivity contribution is 7.99. The lowest BCUT2D eigenvalue weighted by molar-refractivity contribution is -0.132. The van der Waals surface area contributed by atoms with Crippen molar-refractivity contribution in [1.82, 2.24) is 10.2 Å². The molecule has 150 valence electrons. The molecule has 4 nitrogen and oxygen atoms in total. The number of fused-ring (bicyclic) bond motifs is 2. The Bertz CT molecular complexity index is 762. The van der Waals surface area contributed by atoms with E-state index in [1.165, 1.54) is 21.2 Å². The summed E-state index contributed by atoms with van der Waals surface area (Å²) in [5.74, 6) is 0.989. The molecule has 2 aliphatic heterocycles. The monoisotopic (exact) mass is 417 g/mol. The molecule has 0 saturated carbocycles. The van der Waals surface area contributed by atoms with E-state index in [2.05, 4.69) is 63.6 Å². The van der Waals surface area contributed by atoms with Gasteiger partial charge in [-0.2, -0.15) is 0 Å². The summed E-state index contributed by atoms with van der Waals surface area (Å²) < 4.78 is 0. The van der Waals surface area contributed by atoms with Crippen molar-refractivity contribution in [2.75, 3.05) is 38.1 Å². The third kappa shape index (κ3) is 4.48. The number of nitrogens with zero attached hydrogens (tertiary/aromatic N) is 2. The molecule has 0 aliphatic carbocycles. The molecular formula is C22H28ClN3OS. The molecule has 1 fully saturated rings. The summed E-state index contributed by atoms with van der Waals surface area (Å²) in [7, 11) is 2.00. The first-order chi connectivity index (χ1) is 13.3. The molecule has 0 bridgehead atoms. The van der Waals surface area contributed by atoms with Gasteiger partial charge in [-0.05, 0) is 56.6 Å². The van der Waals surface area contributed by atoms with Crippen LogP contribution in [0.5, 0.6) is 0 Å². The minimum atomic E-state index is 0. The Morgan fingerprint density at radius 2 is 1.61 bits per heavy atom. The Balaban J connectivity index is 0.00000225. The maximum Gasteiger partial charge on any atom is 0.224 e. The fourth-order valence-electron chi connectivity index (χ4n) is 4.06. The lowest BCUT2D eigenvalue weighted by Gasteiger charge is -2.35. The first-order valence-corrected chi connectivity index (χ1v) is 10.6. The van der Waals surface area contributed by atoms with Crippen molar-refractivity contribution < 1.29 is 4.79 Å². The molecule has 4 rings (SSSR count). The molecule has 2 aromatic rings. The number of halogens is 1. The number of para-hydroxylation sites is 2. The fraction of sp³-hybridized carbons (Fsp3) is 0.409. The van der Waals surface area contributed by atoms with Crippen LogP contribution in [-0.4, -0.2) is 44.0 Å². The zero-order chi connectivity index (χ0) is 18.6. The summed E-state index contributed by atoms with van der Waals surface area (Å²) in [6.45, 7) is 3.58. The number of nitrogens with one attached hydrogen (secondary N) is 1. The van der Waals surface area contributed by atoms with Gasteiger partial charge in [0.05, 0.1) is 11.4 Å². The predicted octanol–water partition coefficient (Wildman–Crippen LogP) is 4.56. The van der Waals surface area contributed by atoms with E-state index in [9.17, 15) is 4.79 Å². The van der Waals surface area contributed by atoms with Crippen LogP contribution in [0, 0.1) is 5.92 Å². The normalized spacial score (nSPS) is 16.2. The van der Waals surface area contributed by atoms with E-state index in [1.54, 1.807) is 0 Å². The standard InChI is InChI=1S/C22H27N3OS.ClH/c1-23-16-17-10-13-24(14-11-17)22(26)12-15-25-18-6-2-4-8-20(18)27-21-9-5-3-7-19(21)25;/h2-9,17,23H,10-16H2,1H3;1H. The zero-order valence-corrected chi connectivity index (χ0v) is 17.9. The summed E-state index contributed by atoms with van der Waals surface area (Å²) in [6, 6.07) is 17.0. The molecule has 1 amide bonds. The van der Waals surface area contributed by atoms with Gasteiger partial charge >= 0.3 is 0 Å². The van der Waals surface area contributed by atoms with Crippen molar-refractivity contribution in [3.05, 3.63) is 48.5 Å². The second-order valence-corrected chi connectivity index (χ2v) is 8.40. The van der Waals surface area contributed by atoms with E-state index >= 15 is 0 Å². The van der Waals surface area contributed by atoms with Crippen LogP contribution < -0.4 is 10.2 Å². The minimum absolute atomic E-state index is 0. The first kappa shape index (κ1) is 21.0. The molecule has 0 unspecified atom stereocenters. The van der Waals surface area contributed by atoms with Gasteiger partial charge in [-0.1, -0.05) is 36.0 Å². The molecule has 1 saturated heterocycles. The molecule has 2 heterocycles. The molecule has 0 radical (unpaired) electrons. The Morgan fingerprint density at radius 1 is 1.04 bits per heavy atom. The average Bonchev–Trinajstić information content (AvgIpc) is 2.71. The summed E-state index contributed by atoms with van der Waals surface area (Å²) in [6.07, 6.45) is 2.78. The summed E-state index contributed by atoms with van der Waals surface area (Å²) in [4.78, 5) is 19.7. The molecule has 28 heavy (non-hydrogen) atoms. The van der Waals surface area contributed by atoms with Gasteiger partial charge in [0.1, 0.15) is 0 Å². The second-order valence-electron chi connectivity index (χ2n) is 7.32. The topological polar surface area (TPSA) is 35.6 Å². The minimum Gasteiger partial charge on any atom is -0.343 e. The summed E-state index contributed by atoms with van der Waals surface area (Å²) >= 11 is 1.81. The van der Waals surface area contributed by atoms with Crippen LogP contribution in [0.15, 0.2) is 58.3 Å². The SMILES string of the molecule is CNCC1CCN(C(=O)CCN2c3ccccc3Sc3ccccc32)CC1.Cl. The number of amides is 1. The average molecular weight is 418 g/mol. The Hall–Kier alpha value is -1.69. The van der Waals surface area contributed by atoms with Gasteiger partial charge in [-0.25, -0.2) is 0 Å². The van der Waals surface area contributed by atoms with E-state index in [1.807, 2.05) is 18.8 Å². The quantitative estimate of drug-likeness (QED) is 0.773. The Kier molecular flexibility index (Phi) is 7.27. The first-order valence-electron chi connectivity index (χ1n) is 9.82. The lowest BCUT2D eigenvalue weighted by Crippen LogP contribution is -2.41. The lowest BCUT2D eigenvalue weighted by atomic mass is 9.96. The highest BCUT2D eigenvalue weighted by Gasteiger charge is 2.26. The number of hydrogen-bond donors (Lipinski definition) is 1.